The van der Waals surface area contributed by atoms with E-state index in [0.717, 1.165) is 5.75 Å². The Morgan fingerprint density at radius 3 is 2.50 bits per heavy atom. The zero-order valence-electron chi connectivity index (χ0n) is 12.0. The predicted octanol–water partition coefficient (Wildman–Crippen LogP) is 3.07. The molecule has 1 aromatic rings. The lowest BCUT2D eigenvalue weighted by atomic mass is 9.99. The Morgan fingerprint density at radius 1 is 1.33 bits per heavy atom. The van der Waals surface area contributed by atoms with Crippen LogP contribution in [0.25, 0.3) is 0 Å². The molecule has 0 aliphatic rings. The topological polar surface area (TPSA) is 29.3 Å². The van der Waals surface area contributed by atoms with Crippen LogP contribution < -0.4 is 5.73 Å². The van der Waals surface area contributed by atoms with E-state index < -0.39 is 0 Å². The third-order valence-electron chi connectivity index (χ3n) is 3.67. The summed E-state index contributed by atoms with van der Waals surface area (Å²) in [6.45, 7) is 5.09. The number of likely N-dealkylation sites (N-methyl/N-ethyl adjacent to an activating group) is 1. The lowest BCUT2D eigenvalue weighted by molar-refractivity contribution is 0.187. The smallest absolute Gasteiger partial charge is 0.0473 e. The molecule has 0 heterocycles. The van der Waals surface area contributed by atoms with E-state index in [0.29, 0.717) is 18.6 Å². The number of hydrogen-bond donors (Lipinski definition) is 1. The SMILES string of the molecule is CCC(CSC)N(C)C(CN)c1ccccc1C. The minimum Gasteiger partial charge on any atom is -0.329 e. The molecular weight excluding hydrogens is 240 g/mol. The van der Waals surface area contributed by atoms with Crippen molar-refractivity contribution in [3.05, 3.63) is 35.4 Å². The highest BCUT2D eigenvalue weighted by molar-refractivity contribution is 7.98. The molecule has 3 heteroatoms. The monoisotopic (exact) mass is 266 g/mol. The molecule has 0 fully saturated rings. The second-order valence-electron chi connectivity index (χ2n) is 4.79. The summed E-state index contributed by atoms with van der Waals surface area (Å²) < 4.78 is 0. The standard InChI is InChI=1S/C15H26N2S/c1-5-13(11-18-4)17(3)15(10-16)14-9-7-6-8-12(14)2/h6-9,13,15H,5,10-11,16H2,1-4H3. The van der Waals surface area contributed by atoms with Crippen molar-refractivity contribution >= 4 is 11.8 Å². The van der Waals surface area contributed by atoms with Crippen LogP contribution in [0.4, 0.5) is 0 Å². The van der Waals surface area contributed by atoms with Crippen LogP contribution in [0, 0.1) is 6.92 Å². The van der Waals surface area contributed by atoms with Gasteiger partial charge in [0, 0.05) is 24.4 Å². The van der Waals surface area contributed by atoms with Crippen molar-refractivity contribution in [3.8, 4) is 0 Å². The van der Waals surface area contributed by atoms with Gasteiger partial charge in [-0.3, -0.25) is 4.90 Å². The largest absolute Gasteiger partial charge is 0.329 e. The molecule has 2 nitrogen and oxygen atoms in total. The average molecular weight is 266 g/mol. The van der Waals surface area contributed by atoms with Crippen molar-refractivity contribution in [2.45, 2.75) is 32.4 Å². The van der Waals surface area contributed by atoms with E-state index in [9.17, 15) is 0 Å². The minimum atomic E-state index is 0.322. The maximum Gasteiger partial charge on any atom is 0.0473 e. The molecule has 2 unspecified atom stereocenters. The van der Waals surface area contributed by atoms with Crippen molar-refractivity contribution in [1.29, 1.82) is 0 Å². The second-order valence-corrected chi connectivity index (χ2v) is 5.70. The Labute approximate surface area is 116 Å². The van der Waals surface area contributed by atoms with E-state index in [1.165, 1.54) is 17.5 Å². The molecule has 0 saturated carbocycles. The summed E-state index contributed by atoms with van der Waals surface area (Å²) in [5, 5.41) is 0. The molecule has 0 saturated heterocycles. The first-order valence-electron chi connectivity index (χ1n) is 6.62. The summed E-state index contributed by atoms with van der Waals surface area (Å²) in [7, 11) is 2.20. The zero-order chi connectivity index (χ0) is 13.5. The molecule has 0 spiro atoms. The van der Waals surface area contributed by atoms with Crippen molar-refractivity contribution < 1.29 is 0 Å². The average Bonchev–Trinajstić information content (AvgIpc) is 2.38. The molecule has 1 aromatic carbocycles. The van der Waals surface area contributed by atoms with Gasteiger partial charge in [0.05, 0.1) is 0 Å². The summed E-state index contributed by atoms with van der Waals surface area (Å²) in [6, 6.07) is 9.48. The number of benzene rings is 1. The first-order valence-corrected chi connectivity index (χ1v) is 8.01. The lowest BCUT2D eigenvalue weighted by Gasteiger charge is -2.34. The van der Waals surface area contributed by atoms with E-state index >= 15 is 0 Å². The Hall–Kier alpha value is -0.510. The molecule has 0 amide bonds. The molecule has 0 aliphatic heterocycles. The summed E-state index contributed by atoms with van der Waals surface area (Å²) in [6.07, 6.45) is 3.33. The van der Waals surface area contributed by atoms with Gasteiger partial charge in [0.25, 0.3) is 0 Å². The van der Waals surface area contributed by atoms with Gasteiger partial charge in [0.15, 0.2) is 0 Å². The number of aryl methyl sites for hydroxylation is 1. The zero-order valence-corrected chi connectivity index (χ0v) is 12.8. The van der Waals surface area contributed by atoms with Gasteiger partial charge < -0.3 is 5.73 Å². The molecule has 2 atom stereocenters. The van der Waals surface area contributed by atoms with Crippen LogP contribution >= 0.6 is 11.8 Å². The maximum absolute atomic E-state index is 6.01. The summed E-state index contributed by atoms with van der Waals surface area (Å²) >= 11 is 1.91. The molecule has 0 bridgehead atoms. The van der Waals surface area contributed by atoms with E-state index in [1.54, 1.807) is 0 Å². The third kappa shape index (κ3) is 3.74. The molecular formula is C15H26N2S. The summed E-state index contributed by atoms with van der Waals surface area (Å²) in [5.41, 5.74) is 8.71. The van der Waals surface area contributed by atoms with Crippen molar-refractivity contribution in [3.63, 3.8) is 0 Å². The molecule has 1 rings (SSSR count). The van der Waals surface area contributed by atoms with Crippen LogP contribution in [-0.4, -0.2) is 36.5 Å². The number of nitrogens with two attached hydrogens (primary N) is 1. The lowest BCUT2D eigenvalue weighted by Crippen LogP contribution is -2.40. The van der Waals surface area contributed by atoms with Gasteiger partial charge in [-0.2, -0.15) is 11.8 Å². The Balaban J connectivity index is 2.92. The van der Waals surface area contributed by atoms with Crippen molar-refractivity contribution in [2.75, 3.05) is 25.6 Å². The number of nitrogens with zero attached hydrogens (tertiary/aromatic N) is 1. The van der Waals surface area contributed by atoms with Gasteiger partial charge in [0.1, 0.15) is 0 Å². The van der Waals surface area contributed by atoms with Gasteiger partial charge in [-0.25, -0.2) is 0 Å². The van der Waals surface area contributed by atoms with Gasteiger partial charge >= 0.3 is 0 Å². The van der Waals surface area contributed by atoms with Gasteiger partial charge in [0.2, 0.25) is 0 Å². The van der Waals surface area contributed by atoms with E-state index in [4.69, 9.17) is 5.73 Å². The van der Waals surface area contributed by atoms with E-state index in [2.05, 4.69) is 56.3 Å². The van der Waals surface area contributed by atoms with Crippen LogP contribution in [0.1, 0.15) is 30.5 Å². The fraction of sp³-hybridized carbons (Fsp3) is 0.600. The molecule has 18 heavy (non-hydrogen) atoms. The predicted molar refractivity (Wildman–Crippen MR) is 83.2 cm³/mol. The molecule has 2 N–H and O–H groups in total. The van der Waals surface area contributed by atoms with Gasteiger partial charge in [-0.15, -0.1) is 0 Å². The van der Waals surface area contributed by atoms with Crippen LogP contribution in [0.3, 0.4) is 0 Å². The van der Waals surface area contributed by atoms with Crippen LogP contribution in [0.15, 0.2) is 24.3 Å². The first kappa shape index (κ1) is 15.5. The number of hydrogen-bond acceptors (Lipinski definition) is 3. The maximum atomic E-state index is 6.01. The fourth-order valence-corrected chi connectivity index (χ4v) is 3.30. The number of rotatable bonds is 7. The first-order chi connectivity index (χ1) is 8.65. The molecule has 0 aromatic heterocycles. The highest BCUT2D eigenvalue weighted by Gasteiger charge is 2.22. The minimum absolute atomic E-state index is 0.322. The normalized spacial score (nSPS) is 14.8. The van der Waals surface area contributed by atoms with Crippen LogP contribution in [0.5, 0.6) is 0 Å². The van der Waals surface area contributed by atoms with Gasteiger partial charge in [-0.1, -0.05) is 31.2 Å². The summed E-state index contributed by atoms with van der Waals surface area (Å²) in [5.74, 6) is 1.16. The van der Waals surface area contributed by atoms with Gasteiger partial charge in [-0.05, 0) is 37.8 Å². The second kappa shape index (κ2) is 7.82. The highest BCUT2D eigenvalue weighted by Crippen LogP contribution is 2.25. The van der Waals surface area contributed by atoms with E-state index in [-0.39, 0.29) is 0 Å². The quantitative estimate of drug-likeness (QED) is 0.822. The Bertz CT molecular complexity index is 354. The Morgan fingerprint density at radius 2 is 2.00 bits per heavy atom. The molecule has 102 valence electrons. The number of thioether (sulfide) groups is 1. The fourth-order valence-electron chi connectivity index (χ4n) is 2.44. The Kier molecular flexibility index (Phi) is 6.76. The van der Waals surface area contributed by atoms with Crippen LogP contribution in [-0.2, 0) is 0 Å². The third-order valence-corrected chi connectivity index (χ3v) is 4.39. The van der Waals surface area contributed by atoms with Crippen LogP contribution in [0.2, 0.25) is 0 Å². The van der Waals surface area contributed by atoms with Crippen molar-refractivity contribution in [2.24, 2.45) is 5.73 Å². The summed E-state index contributed by atoms with van der Waals surface area (Å²) in [4.78, 5) is 2.44. The van der Waals surface area contributed by atoms with Crippen molar-refractivity contribution in [1.82, 2.24) is 4.90 Å². The van der Waals surface area contributed by atoms with E-state index in [1.807, 2.05) is 11.8 Å². The molecule has 0 radical (unpaired) electrons. The molecule has 0 aliphatic carbocycles. The highest BCUT2D eigenvalue weighted by atomic mass is 32.2.